The number of hydrogen-bond acceptors (Lipinski definition) is 3. The van der Waals surface area contributed by atoms with Crippen LogP contribution in [0.1, 0.15) is 13.8 Å². The average molecular weight is 229 g/mol. The number of amides is 1. The molecule has 0 saturated carbocycles. The van der Waals surface area contributed by atoms with Crippen LogP contribution in [-0.2, 0) is 4.79 Å². The van der Waals surface area contributed by atoms with E-state index >= 15 is 0 Å². The molecule has 0 saturated heterocycles. The number of nitrogens with two attached hydrogens (primary N) is 1. The zero-order valence-electron chi connectivity index (χ0n) is 9.05. The van der Waals surface area contributed by atoms with Gasteiger partial charge in [0.15, 0.2) is 11.6 Å². The number of primary amides is 1. The smallest absolute Gasteiger partial charge is 0.224 e. The van der Waals surface area contributed by atoms with Crippen LogP contribution in [0.25, 0.3) is 0 Å². The maximum absolute atomic E-state index is 13.1. The summed E-state index contributed by atoms with van der Waals surface area (Å²) < 4.78 is 25.7. The van der Waals surface area contributed by atoms with E-state index in [0.717, 1.165) is 6.20 Å². The lowest BCUT2D eigenvalue weighted by atomic mass is 9.93. The standard InChI is InChI=1S/C10H13F2N3O/c1-10(2,9(13)16)5-15-8-7(12)3-6(11)4-14-8/h3-4H,5H2,1-2H3,(H2,13,16)(H,14,15). The topological polar surface area (TPSA) is 68.0 Å². The van der Waals surface area contributed by atoms with Gasteiger partial charge in [-0.25, -0.2) is 13.8 Å². The molecule has 0 bridgehead atoms. The molecule has 0 atom stereocenters. The summed E-state index contributed by atoms with van der Waals surface area (Å²) in [6.07, 6.45) is 0.892. The summed E-state index contributed by atoms with van der Waals surface area (Å²) in [6.45, 7) is 3.35. The molecule has 0 aliphatic carbocycles. The summed E-state index contributed by atoms with van der Waals surface area (Å²) >= 11 is 0. The Labute approximate surface area is 91.9 Å². The number of anilines is 1. The lowest BCUT2D eigenvalue weighted by Crippen LogP contribution is -2.37. The van der Waals surface area contributed by atoms with E-state index in [1.165, 1.54) is 0 Å². The van der Waals surface area contributed by atoms with Crippen LogP contribution in [0.15, 0.2) is 12.3 Å². The van der Waals surface area contributed by atoms with E-state index in [9.17, 15) is 13.6 Å². The van der Waals surface area contributed by atoms with Crippen molar-refractivity contribution in [2.75, 3.05) is 11.9 Å². The fourth-order valence-electron chi connectivity index (χ4n) is 0.936. The lowest BCUT2D eigenvalue weighted by molar-refractivity contribution is -0.125. The highest BCUT2D eigenvalue weighted by molar-refractivity contribution is 5.80. The van der Waals surface area contributed by atoms with E-state index in [1.54, 1.807) is 13.8 Å². The van der Waals surface area contributed by atoms with E-state index in [2.05, 4.69) is 10.3 Å². The fraction of sp³-hybridized carbons (Fsp3) is 0.400. The van der Waals surface area contributed by atoms with Crippen LogP contribution in [0.3, 0.4) is 0 Å². The Kier molecular flexibility index (Phi) is 3.41. The van der Waals surface area contributed by atoms with Crippen molar-refractivity contribution in [3.8, 4) is 0 Å². The van der Waals surface area contributed by atoms with Crippen molar-refractivity contribution in [2.24, 2.45) is 11.1 Å². The summed E-state index contributed by atoms with van der Waals surface area (Å²) in [4.78, 5) is 14.5. The highest BCUT2D eigenvalue weighted by atomic mass is 19.1. The van der Waals surface area contributed by atoms with Crippen LogP contribution in [0.2, 0.25) is 0 Å². The van der Waals surface area contributed by atoms with Gasteiger partial charge in [0.1, 0.15) is 5.82 Å². The van der Waals surface area contributed by atoms with Crippen LogP contribution < -0.4 is 11.1 Å². The molecule has 1 heterocycles. The Morgan fingerprint density at radius 2 is 2.19 bits per heavy atom. The third-order valence-corrected chi connectivity index (χ3v) is 2.17. The number of pyridine rings is 1. The van der Waals surface area contributed by atoms with Crippen molar-refractivity contribution in [1.29, 1.82) is 0 Å². The Hall–Kier alpha value is -1.72. The van der Waals surface area contributed by atoms with Gasteiger partial charge in [0, 0.05) is 12.6 Å². The Bertz CT molecular complexity index is 407. The molecule has 0 unspecified atom stereocenters. The first kappa shape index (κ1) is 12.4. The number of halogens is 2. The van der Waals surface area contributed by atoms with Crippen molar-refractivity contribution in [3.63, 3.8) is 0 Å². The van der Waals surface area contributed by atoms with E-state index < -0.39 is 23.0 Å². The van der Waals surface area contributed by atoms with Crippen LogP contribution >= 0.6 is 0 Å². The van der Waals surface area contributed by atoms with Crippen LogP contribution in [0.4, 0.5) is 14.6 Å². The maximum atomic E-state index is 13.1. The van der Waals surface area contributed by atoms with Gasteiger partial charge in [0.05, 0.1) is 11.6 Å². The van der Waals surface area contributed by atoms with Crippen molar-refractivity contribution >= 4 is 11.7 Å². The molecular formula is C10H13F2N3O. The van der Waals surface area contributed by atoms with Gasteiger partial charge in [-0.1, -0.05) is 0 Å². The molecule has 0 fully saturated rings. The minimum Gasteiger partial charge on any atom is -0.369 e. The first-order valence-corrected chi connectivity index (χ1v) is 4.68. The zero-order valence-corrected chi connectivity index (χ0v) is 9.05. The first-order chi connectivity index (χ1) is 7.33. The minimum absolute atomic E-state index is 0.101. The Balaban J connectivity index is 2.72. The molecule has 0 aromatic carbocycles. The van der Waals surface area contributed by atoms with Gasteiger partial charge in [-0.05, 0) is 13.8 Å². The zero-order chi connectivity index (χ0) is 12.3. The Morgan fingerprint density at radius 3 is 2.69 bits per heavy atom. The van der Waals surface area contributed by atoms with Gasteiger partial charge in [0.25, 0.3) is 0 Å². The number of carbonyl (C=O) groups excluding carboxylic acids is 1. The fourth-order valence-corrected chi connectivity index (χ4v) is 0.936. The normalized spacial score (nSPS) is 11.2. The number of nitrogens with zero attached hydrogens (tertiary/aromatic N) is 1. The molecule has 0 radical (unpaired) electrons. The van der Waals surface area contributed by atoms with Crippen LogP contribution in [0, 0.1) is 17.0 Å². The molecule has 0 aliphatic rings. The average Bonchev–Trinajstić information content (AvgIpc) is 2.16. The number of nitrogens with one attached hydrogen (secondary N) is 1. The second kappa shape index (κ2) is 4.42. The summed E-state index contributed by atoms with van der Waals surface area (Å²) in [5, 5.41) is 2.61. The number of carbonyl (C=O) groups is 1. The van der Waals surface area contributed by atoms with Crippen molar-refractivity contribution in [3.05, 3.63) is 23.9 Å². The van der Waals surface area contributed by atoms with E-state index in [-0.39, 0.29) is 12.4 Å². The van der Waals surface area contributed by atoms with Gasteiger partial charge in [-0.2, -0.15) is 0 Å². The summed E-state index contributed by atoms with van der Waals surface area (Å²) in [6, 6.07) is 0.715. The third-order valence-electron chi connectivity index (χ3n) is 2.17. The highest BCUT2D eigenvalue weighted by Gasteiger charge is 2.25. The summed E-state index contributed by atoms with van der Waals surface area (Å²) in [5.41, 5.74) is 4.31. The molecule has 1 amide bonds. The maximum Gasteiger partial charge on any atom is 0.224 e. The molecule has 3 N–H and O–H groups in total. The Morgan fingerprint density at radius 1 is 1.56 bits per heavy atom. The molecule has 1 aromatic heterocycles. The van der Waals surface area contributed by atoms with Crippen molar-refractivity contribution in [1.82, 2.24) is 4.98 Å². The largest absolute Gasteiger partial charge is 0.369 e. The van der Waals surface area contributed by atoms with E-state index in [4.69, 9.17) is 5.73 Å². The molecule has 4 nitrogen and oxygen atoms in total. The highest BCUT2D eigenvalue weighted by Crippen LogP contribution is 2.17. The number of hydrogen-bond donors (Lipinski definition) is 2. The van der Waals surface area contributed by atoms with Crippen molar-refractivity contribution in [2.45, 2.75) is 13.8 Å². The molecule has 88 valence electrons. The minimum atomic E-state index is -0.831. The SMILES string of the molecule is CC(C)(CNc1ncc(F)cc1F)C(N)=O. The number of aromatic nitrogens is 1. The van der Waals surface area contributed by atoms with Crippen LogP contribution in [0.5, 0.6) is 0 Å². The van der Waals surface area contributed by atoms with Gasteiger partial charge in [-0.15, -0.1) is 0 Å². The molecule has 0 aliphatic heterocycles. The van der Waals surface area contributed by atoms with Gasteiger partial charge >= 0.3 is 0 Å². The van der Waals surface area contributed by atoms with Gasteiger partial charge < -0.3 is 11.1 Å². The molecular weight excluding hydrogens is 216 g/mol. The molecule has 16 heavy (non-hydrogen) atoms. The predicted octanol–water partition coefficient (Wildman–Crippen LogP) is 1.28. The van der Waals surface area contributed by atoms with Gasteiger partial charge in [-0.3, -0.25) is 4.79 Å². The van der Waals surface area contributed by atoms with Gasteiger partial charge in [0.2, 0.25) is 5.91 Å². The summed E-state index contributed by atoms with van der Waals surface area (Å²) in [5.74, 6) is -2.17. The van der Waals surface area contributed by atoms with E-state index in [1.807, 2.05) is 0 Å². The third kappa shape index (κ3) is 2.88. The second-order valence-corrected chi connectivity index (χ2v) is 4.09. The monoisotopic (exact) mass is 229 g/mol. The predicted molar refractivity (Wildman–Crippen MR) is 55.6 cm³/mol. The first-order valence-electron chi connectivity index (χ1n) is 4.68. The number of rotatable bonds is 4. The lowest BCUT2D eigenvalue weighted by Gasteiger charge is -2.21. The second-order valence-electron chi connectivity index (χ2n) is 4.09. The summed E-state index contributed by atoms with van der Waals surface area (Å²) in [7, 11) is 0. The van der Waals surface area contributed by atoms with E-state index in [0.29, 0.717) is 6.07 Å². The molecule has 1 aromatic rings. The molecule has 1 rings (SSSR count). The quantitative estimate of drug-likeness (QED) is 0.817. The molecule has 0 spiro atoms. The van der Waals surface area contributed by atoms with Crippen molar-refractivity contribution < 1.29 is 13.6 Å². The van der Waals surface area contributed by atoms with Crippen LogP contribution in [-0.4, -0.2) is 17.4 Å². The molecule has 6 heteroatoms.